The van der Waals surface area contributed by atoms with Crippen LogP contribution < -0.4 is 15.8 Å². The van der Waals surface area contributed by atoms with Crippen molar-refractivity contribution in [2.45, 2.75) is 31.7 Å². The third-order valence-corrected chi connectivity index (χ3v) is 4.06. The smallest absolute Gasteiger partial charge is 0.406 e. The summed E-state index contributed by atoms with van der Waals surface area (Å²) in [6, 6.07) is 10.7. The number of fused-ring (bicyclic) bond motifs is 1. The van der Waals surface area contributed by atoms with E-state index in [1.165, 1.54) is 18.2 Å². The minimum atomic E-state index is -4.78. The molecule has 1 aliphatic rings. The van der Waals surface area contributed by atoms with Crippen molar-refractivity contribution in [1.82, 2.24) is 0 Å². The van der Waals surface area contributed by atoms with E-state index in [0.29, 0.717) is 5.56 Å². The van der Waals surface area contributed by atoms with E-state index in [9.17, 15) is 18.0 Å². The SMILES string of the molecule is Cl.NC1CCc2cc(C(=O)Nc3cccc(OC(F)(F)F)c3)ccc2C1. The highest BCUT2D eigenvalue weighted by Crippen LogP contribution is 2.26. The second kappa shape index (κ2) is 7.97. The normalized spacial score (nSPS) is 16.2. The zero-order chi connectivity index (χ0) is 18.0. The Morgan fingerprint density at radius 3 is 2.65 bits per heavy atom. The number of carbonyl (C=O) groups is 1. The van der Waals surface area contributed by atoms with E-state index in [0.717, 1.165) is 36.5 Å². The van der Waals surface area contributed by atoms with Crippen molar-refractivity contribution in [3.63, 3.8) is 0 Å². The molecule has 2 aromatic rings. The van der Waals surface area contributed by atoms with Crippen molar-refractivity contribution in [1.29, 1.82) is 0 Å². The van der Waals surface area contributed by atoms with Gasteiger partial charge in [0, 0.05) is 23.4 Å². The Morgan fingerprint density at radius 2 is 1.92 bits per heavy atom. The number of ether oxygens (including phenoxy) is 1. The number of aryl methyl sites for hydroxylation is 1. The molecule has 0 aromatic heterocycles. The number of hydrogen-bond donors (Lipinski definition) is 2. The number of rotatable bonds is 3. The lowest BCUT2D eigenvalue weighted by Crippen LogP contribution is -2.28. The number of carbonyl (C=O) groups excluding carboxylic acids is 1. The lowest BCUT2D eigenvalue weighted by Gasteiger charge is -2.21. The van der Waals surface area contributed by atoms with Crippen LogP contribution in [0, 0.1) is 0 Å². The molecule has 0 saturated heterocycles. The predicted molar refractivity (Wildman–Crippen MR) is 94.8 cm³/mol. The first-order chi connectivity index (χ1) is 11.8. The van der Waals surface area contributed by atoms with E-state index in [-0.39, 0.29) is 35.8 Å². The fourth-order valence-corrected chi connectivity index (χ4v) is 2.90. The van der Waals surface area contributed by atoms with Gasteiger partial charge in [0.1, 0.15) is 5.75 Å². The summed E-state index contributed by atoms with van der Waals surface area (Å²) in [5, 5.41) is 2.59. The van der Waals surface area contributed by atoms with Crippen LogP contribution in [-0.4, -0.2) is 18.3 Å². The lowest BCUT2D eigenvalue weighted by molar-refractivity contribution is -0.274. The van der Waals surface area contributed by atoms with Gasteiger partial charge in [-0.25, -0.2) is 0 Å². The van der Waals surface area contributed by atoms with E-state index >= 15 is 0 Å². The third-order valence-electron chi connectivity index (χ3n) is 4.06. The van der Waals surface area contributed by atoms with E-state index in [4.69, 9.17) is 5.73 Å². The van der Waals surface area contributed by atoms with Crippen molar-refractivity contribution in [2.24, 2.45) is 5.73 Å². The Bertz CT molecular complexity index is 796. The highest BCUT2D eigenvalue weighted by atomic mass is 35.5. The molecule has 4 nitrogen and oxygen atoms in total. The number of benzene rings is 2. The summed E-state index contributed by atoms with van der Waals surface area (Å²) in [5.41, 5.74) is 8.84. The molecule has 0 saturated carbocycles. The van der Waals surface area contributed by atoms with Gasteiger partial charge >= 0.3 is 6.36 Å². The first-order valence-corrected chi connectivity index (χ1v) is 7.85. The number of halogens is 4. The molecule has 8 heteroatoms. The minimum absolute atomic E-state index is 0. The van der Waals surface area contributed by atoms with Crippen LogP contribution in [0.1, 0.15) is 27.9 Å². The topological polar surface area (TPSA) is 64.4 Å². The van der Waals surface area contributed by atoms with Crippen LogP contribution in [0.4, 0.5) is 18.9 Å². The summed E-state index contributed by atoms with van der Waals surface area (Å²) >= 11 is 0. The van der Waals surface area contributed by atoms with Crippen LogP contribution in [0.3, 0.4) is 0 Å². The number of amides is 1. The second-order valence-electron chi connectivity index (χ2n) is 6.02. The van der Waals surface area contributed by atoms with Crippen LogP contribution >= 0.6 is 12.4 Å². The number of nitrogens with one attached hydrogen (secondary N) is 1. The van der Waals surface area contributed by atoms with Crippen LogP contribution in [0.15, 0.2) is 42.5 Å². The Hall–Kier alpha value is -2.25. The van der Waals surface area contributed by atoms with Crippen LogP contribution in [-0.2, 0) is 12.8 Å². The van der Waals surface area contributed by atoms with Gasteiger partial charge in [-0.3, -0.25) is 4.79 Å². The molecule has 1 amide bonds. The summed E-state index contributed by atoms with van der Waals surface area (Å²) in [5.74, 6) is -0.772. The average molecular weight is 387 g/mol. The molecule has 2 aromatic carbocycles. The molecule has 3 N–H and O–H groups in total. The van der Waals surface area contributed by atoms with Gasteiger partial charge in [-0.2, -0.15) is 0 Å². The van der Waals surface area contributed by atoms with Gasteiger partial charge in [0.25, 0.3) is 5.91 Å². The Balaban J connectivity index is 0.00000243. The molecule has 0 bridgehead atoms. The van der Waals surface area contributed by atoms with E-state index < -0.39 is 6.36 Å². The maximum atomic E-state index is 12.4. The molecule has 1 unspecified atom stereocenters. The number of alkyl halides is 3. The first kappa shape index (κ1) is 20.1. The van der Waals surface area contributed by atoms with Crippen molar-refractivity contribution >= 4 is 24.0 Å². The molecule has 0 heterocycles. The fourth-order valence-electron chi connectivity index (χ4n) is 2.90. The summed E-state index contributed by atoms with van der Waals surface area (Å²) in [7, 11) is 0. The van der Waals surface area contributed by atoms with Gasteiger partial charge in [-0.05, 0) is 54.7 Å². The fraction of sp³-hybridized carbons (Fsp3) is 0.278. The number of hydrogen-bond acceptors (Lipinski definition) is 3. The van der Waals surface area contributed by atoms with Crippen molar-refractivity contribution in [2.75, 3.05) is 5.32 Å². The van der Waals surface area contributed by atoms with Crippen molar-refractivity contribution in [3.8, 4) is 5.75 Å². The van der Waals surface area contributed by atoms with Crippen LogP contribution in [0.25, 0.3) is 0 Å². The van der Waals surface area contributed by atoms with Gasteiger partial charge in [0.05, 0.1) is 0 Å². The second-order valence-corrected chi connectivity index (χ2v) is 6.02. The molecule has 3 rings (SSSR count). The van der Waals surface area contributed by atoms with Gasteiger partial charge in [-0.1, -0.05) is 12.1 Å². The van der Waals surface area contributed by atoms with E-state index in [2.05, 4.69) is 10.1 Å². The maximum absolute atomic E-state index is 12.4. The Kier molecular flexibility index (Phi) is 6.15. The zero-order valence-electron chi connectivity index (χ0n) is 13.7. The van der Waals surface area contributed by atoms with Gasteiger partial charge in [-0.15, -0.1) is 25.6 Å². The van der Waals surface area contributed by atoms with Gasteiger partial charge in [0.15, 0.2) is 0 Å². The maximum Gasteiger partial charge on any atom is 0.573 e. The quantitative estimate of drug-likeness (QED) is 0.835. The molecule has 0 radical (unpaired) electrons. The first-order valence-electron chi connectivity index (χ1n) is 7.85. The number of anilines is 1. The molecule has 26 heavy (non-hydrogen) atoms. The lowest BCUT2D eigenvalue weighted by atomic mass is 9.87. The van der Waals surface area contributed by atoms with E-state index in [1.54, 1.807) is 6.07 Å². The molecule has 1 atom stereocenters. The van der Waals surface area contributed by atoms with Gasteiger partial charge in [0.2, 0.25) is 0 Å². The Labute approximate surface area is 154 Å². The monoisotopic (exact) mass is 386 g/mol. The van der Waals surface area contributed by atoms with Crippen molar-refractivity contribution in [3.05, 3.63) is 59.2 Å². The highest BCUT2D eigenvalue weighted by molar-refractivity contribution is 6.04. The van der Waals surface area contributed by atoms with Crippen LogP contribution in [0.2, 0.25) is 0 Å². The van der Waals surface area contributed by atoms with Crippen molar-refractivity contribution < 1.29 is 22.7 Å². The van der Waals surface area contributed by atoms with E-state index in [1.807, 2.05) is 12.1 Å². The summed E-state index contributed by atoms with van der Waals surface area (Å²) in [6.45, 7) is 0. The molecule has 1 aliphatic carbocycles. The highest BCUT2D eigenvalue weighted by Gasteiger charge is 2.31. The third kappa shape index (κ3) is 5.12. The summed E-state index contributed by atoms with van der Waals surface area (Å²) in [4.78, 5) is 12.4. The predicted octanol–water partition coefficient (Wildman–Crippen LogP) is 4.08. The van der Waals surface area contributed by atoms with Gasteiger partial charge < -0.3 is 15.8 Å². The zero-order valence-corrected chi connectivity index (χ0v) is 14.5. The molecule has 0 aliphatic heterocycles. The standard InChI is InChI=1S/C18H17F3N2O2.ClH/c19-18(20,21)25-16-3-1-2-15(10-16)23-17(24)13-5-4-12-9-14(22)7-6-11(12)8-13;/h1-5,8,10,14H,6-7,9,22H2,(H,23,24);1H. The van der Waals surface area contributed by atoms with Crippen LogP contribution in [0.5, 0.6) is 5.75 Å². The average Bonchev–Trinajstić information content (AvgIpc) is 2.53. The Morgan fingerprint density at radius 1 is 1.15 bits per heavy atom. The summed E-state index contributed by atoms with van der Waals surface area (Å²) in [6.07, 6.45) is -2.31. The number of nitrogens with two attached hydrogens (primary N) is 1. The minimum Gasteiger partial charge on any atom is -0.406 e. The molecular weight excluding hydrogens is 369 g/mol. The molecule has 140 valence electrons. The largest absolute Gasteiger partial charge is 0.573 e. The molecule has 0 fully saturated rings. The summed E-state index contributed by atoms with van der Waals surface area (Å²) < 4.78 is 40.7. The molecule has 0 spiro atoms. The molecular formula is C18H18ClF3N2O2.